The highest BCUT2D eigenvalue weighted by molar-refractivity contribution is 6.00. The molecule has 0 radical (unpaired) electrons. The molecule has 27 heavy (non-hydrogen) atoms. The van der Waals surface area contributed by atoms with Gasteiger partial charge in [-0.15, -0.1) is 0 Å². The summed E-state index contributed by atoms with van der Waals surface area (Å²) in [7, 11) is 0. The Labute approximate surface area is 157 Å². The second-order valence-electron chi connectivity index (χ2n) is 8.14. The Kier molecular flexibility index (Phi) is 4.02. The summed E-state index contributed by atoms with van der Waals surface area (Å²) in [6.45, 7) is 8.95. The Hall–Kier alpha value is -1.80. The number of hydrogen-bond donors (Lipinski definition) is 2. The molecular formula is C20H24O7. The maximum atomic E-state index is 12.6. The molecule has 7 nitrogen and oxygen atoms in total. The third-order valence-corrected chi connectivity index (χ3v) is 6.12. The Morgan fingerprint density at radius 1 is 1.26 bits per heavy atom. The maximum Gasteiger partial charge on any atom is 0.344 e. The lowest BCUT2D eigenvalue weighted by molar-refractivity contribution is -0.297. The number of fused-ring (bicyclic) bond motifs is 2. The third-order valence-electron chi connectivity index (χ3n) is 6.12. The SMILES string of the molecule is C=C(C)[C@@H]1C[C@H]2OC(O)(/C(C)=C\C(=O)/C=C(/C)C[C@@H]3OC(=O)[C@]24OC34)[C@H]1O. The van der Waals surface area contributed by atoms with Crippen molar-refractivity contribution in [1.82, 2.24) is 0 Å². The van der Waals surface area contributed by atoms with Crippen LogP contribution in [0.2, 0.25) is 0 Å². The number of esters is 1. The first-order valence-electron chi connectivity index (χ1n) is 9.12. The largest absolute Gasteiger partial charge is 0.457 e. The summed E-state index contributed by atoms with van der Waals surface area (Å²) < 4.78 is 17.1. The molecule has 0 aromatic heterocycles. The number of carbonyl (C=O) groups excluding carboxylic acids is 2. The third kappa shape index (κ3) is 2.56. The zero-order valence-electron chi connectivity index (χ0n) is 15.6. The Balaban J connectivity index is 1.85. The van der Waals surface area contributed by atoms with E-state index in [1.807, 2.05) is 0 Å². The van der Waals surface area contributed by atoms with Gasteiger partial charge in [0.25, 0.3) is 0 Å². The van der Waals surface area contributed by atoms with Crippen LogP contribution in [0, 0.1) is 5.92 Å². The van der Waals surface area contributed by atoms with Crippen molar-refractivity contribution in [2.75, 3.05) is 0 Å². The zero-order chi connectivity index (χ0) is 19.7. The van der Waals surface area contributed by atoms with Crippen molar-refractivity contribution >= 4 is 11.8 Å². The topological polar surface area (TPSA) is 106 Å². The van der Waals surface area contributed by atoms with Crippen LogP contribution in [-0.2, 0) is 23.8 Å². The van der Waals surface area contributed by atoms with Gasteiger partial charge in [0, 0.05) is 12.3 Å². The van der Waals surface area contributed by atoms with Gasteiger partial charge in [-0.1, -0.05) is 17.7 Å². The summed E-state index contributed by atoms with van der Waals surface area (Å²) in [4.78, 5) is 25.0. The van der Waals surface area contributed by atoms with E-state index in [0.717, 1.165) is 5.57 Å². The highest BCUT2D eigenvalue weighted by Crippen LogP contribution is 2.56. The predicted molar refractivity (Wildman–Crippen MR) is 93.4 cm³/mol. The second-order valence-corrected chi connectivity index (χ2v) is 8.14. The van der Waals surface area contributed by atoms with E-state index in [2.05, 4.69) is 6.58 Å². The quantitative estimate of drug-likeness (QED) is 0.399. The lowest BCUT2D eigenvalue weighted by atomic mass is 9.76. The van der Waals surface area contributed by atoms with Crippen LogP contribution in [0.5, 0.6) is 0 Å². The first-order valence-corrected chi connectivity index (χ1v) is 9.12. The number of hydrogen-bond acceptors (Lipinski definition) is 7. The number of aliphatic hydroxyl groups excluding tert-OH is 1. The van der Waals surface area contributed by atoms with Gasteiger partial charge >= 0.3 is 5.97 Å². The molecular weight excluding hydrogens is 352 g/mol. The van der Waals surface area contributed by atoms with Gasteiger partial charge in [-0.3, -0.25) is 4.79 Å². The maximum absolute atomic E-state index is 12.6. The van der Waals surface area contributed by atoms with Crippen LogP contribution in [0.25, 0.3) is 0 Å². The molecule has 4 heterocycles. The van der Waals surface area contributed by atoms with Crippen molar-refractivity contribution in [2.45, 2.75) is 69.4 Å². The summed E-state index contributed by atoms with van der Waals surface area (Å²) >= 11 is 0. The van der Waals surface area contributed by atoms with Crippen LogP contribution in [0.1, 0.15) is 33.6 Å². The Morgan fingerprint density at radius 3 is 2.59 bits per heavy atom. The van der Waals surface area contributed by atoms with Gasteiger partial charge in [0.05, 0.1) is 0 Å². The molecule has 0 aliphatic carbocycles. The van der Waals surface area contributed by atoms with Gasteiger partial charge in [-0.2, -0.15) is 0 Å². The highest BCUT2D eigenvalue weighted by Gasteiger charge is 2.78. The molecule has 0 spiro atoms. The average molecular weight is 376 g/mol. The normalized spacial score (nSPS) is 50.2. The monoisotopic (exact) mass is 376 g/mol. The Morgan fingerprint density at radius 2 is 1.96 bits per heavy atom. The minimum absolute atomic E-state index is 0.164. The minimum Gasteiger partial charge on any atom is -0.457 e. The molecule has 146 valence electrons. The molecule has 3 saturated heterocycles. The number of ketones is 1. The smallest absolute Gasteiger partial charge is 0.344 e. The summed E-state index contributed by atoms with van der Waals surface area (Å²) in [6.07, 6.45) is 0.170. The molecule has 4 bridgehead atoms. The molecule has 0 saturated carbocycles. The molecule has 2 N–H and O–H groups in total. The predicted octanol–water partition coefficient (Wildman–Crippen LogP) is 0.945. The van der Waals surface area contributed by atoms with Crippen molar-refractivity contribution in [3.05, 3.63) is 35.5 Å². The van der Waals surface area contributed by atoms with Crippen molar-refractivity contribution in [1.29, 1.82) is 0 Å². The van der Waals surface area contributed by atoms with Gasteiger partial charge in [-0.25, -0.2) is 4.79 Å². The van der Waals surface area contributed by atoms with Gasteiger partial charge < -0.3 is 24.4 Å². The fraction of sp³-hybridized carbons (Fsp3) is 0.600. The summed E-state index contributed by atoms with van der Waals surface area (Å²) in [5.74, 6) is -3.52. The van der Waals surface area contributed by atoms with E-state index in [-0.39, 0.29) is 17.8 Å². The van der Waals surface area contributed by atoms with Crippen molar-refractivity contribution < 1.29 is 34.0 Å². The summed E-state index contributed by atoms with van der Waals surface area (Å²) in [5, 5.41) is 22.0. The number of epoxide rings is 1. The first-order chi connectivity index (χ1) is 12.6. The van der Waals surface area contributed by atoms with Crippen LogP contribution in [0.15, 0.2) is 35.5 Å². The van der Waals surface area contributed by atoms with Crippen LogP contribution in [0.4, 0.5) is 0 Å². The fourth-order valence-corrected chi connectivity index (χ4v) is 4.53. The van der Waals surface area contributed by atoms with Crippen LogP contribution in [0.3, 0.4) is 0 Å². The van der Waals surface area contributed by atoms with Crippen LogP contribution < -0.4 is 0 Å². The number of rotatable bonds is 1. The molecule has 7 heteroatoms. The standard InChI is InChI=1S/C20H24O7/c1-9(2)13-8-15-19-17(27-19)14(25-18(19)23)6-10(3)5-12(21)7-11(4)20(24,26-15)16(13)22/h5,7,13-17,22,24H,1,6,8H2,2-4H3/b10-5-,11-7-/t13-,14-,15+,16-,17?,19-,20?/m0/s1. The first kappa shape index (κ1) is 18.6. The molecule has 4 aliphatic rings. The molecule has 4 rings (SSSR count). The van der Waals surface area contributed by atoms with Crippen LogP contribution >= 0.6 is 0 Å². The number of ether oxygens (including phenoxy) is 3. The van der Waals surface area contributed by atoms with E-state index in [0.29, 0.717) is 12.0 Å². The van der Waals surface area contributed by atoms with E-state index in [1.165, 1.54) is 19.1 Å². The number of allylic oxidation sites excluding steroid dienone is 2. The van der Waals surface area contributed by atoms with Crippen molar-refractivity contribution in [3.63, 3.8) is 0 Å². The van der Waals surface area contributed by atoms with E-state index < -0.39 is 47.7 Å². The molecule has 0 aromatic rings. The van der Waals surface area contributed by atoms with E-state index >= 15 is 0 Å². The van der Waals surface area contributed by atoms with Gasteiger partial charge in [0.1, 0.15) is 24.4 Å². The van der Waals surface area contributed by atoms with Crippen molar-refractivity contribution in [2.24, 2.45) is 5.92 Å². The summed E-state index contributed by atoms with van der Waals surface area (Å²) in [5.41, 5.74) is 0.271. The molecule has 3 fully saturated rings. The van der Waals surface area contributed by atoms with Crippen molar-refractivity contribution in [3.8, 4) is 0 Å². The van der Waals surface area contributed by atoms with Gasteiger partial charge in [0.15, 0.2) is 5.78 Å². The molecule has 0 aromatic carbocycles. The minimum atomic E-state index is -2.13. The highest BCUT2D eigenvalue weighted by atomic mass is 16.7. The second kappa shape index (κ2) is 5.85. The van der Waals surface area contributed by atoms with E-state index in [1.54, 1.807) is 13.8 Å². The summed E-state index contributed by atoms with van der Waals surface area (Å²) in [6, 6.07) is 0. The lowest BCUT2D eigenvalue weighted by Crippen LogP contribution is -2.60. The number of aliphatic hydroxyl groups is 2. The average Bonchev–Trinajstić information content (AvgIpc) is 3.26. The van der Waals surface area contributed by atoms with E-state index in [9.17, 15) is 19.8 Å². The zero-order valence-corrected chi connectivity index (χ0v) is 15.6. The molecule has 7 atom stereocenters. The molecule has 4 aliphatic heterocycles. The van der Waals surface area contributed by atoms with E-state index in [4.69, 9.17) is 14.2 Å². The number of carbonyl (C=O) groups is 2. The van der Waals surface area contributed by atoms with Gasteiger partial charge in [-0.05, 0) is 44.9 Å². The Bertz CT molecular complexity index is 796. The van der Waals surface area contributed by atoms with Gasteiger partial charge in [0.2, 0.25) is 11.4 Å². The van der Waals surface area contributed by atoms with Crippen LogP contribution in [-0.4, -0.2) is 57.8 Å². The molecule has 0 amide bonds. The fourth-order valence-electron chi connectivity index (χ4n) is 4.53. The lowest BCUT2D eigenvalue weighted by Gasteiger charge is -2.46. The molecule has 2 unspecified atom stereocenters.